The molecule has 0 N–H and O–H groups in total. The molecule has 25 heavy (non-hydrogen) atoms. The normalized spacial score (nSPS) is 23.7. The van der Waals surface area contributed by atoms with Gasteiger partial charge in [0.15, 0.2) is 5.89 Å². The standard InChI is InChI=1S/C19H23N3O3/c1-13-18(25-14(2)20-13)19(23)22-11-16-17(12-22)24-9-8-21(16)10-15-6-4-3-5-7-15/h3-7,16-17H,8-12H2,1-2H3. The summed E-state index contributed by atoms with van der Waals surface area (Å²) in [6.45, 7) is 7.32. The van der Waals surface area contributed by atoms with Crippen LogP contribution < -0.4 is 0 Å². The fourth-order valence-corrected chi connectivity index (χ4v) is 3.81. The van der Waals surface area contributed by atoms with E-state index < -0.39 is 0 Å². The maximum Gasteiger partial charge on any atom is 0.291 e. The number of ether oxygens (including phenoxy) is 1. The van der Waals surface area contributed by atoms with E-state index in [9.17, 15) is 4.79 Å². The van der Waals surface area contributed by atoms with Crippen LogP contribution in [0.3, 0.4) is 0 Å². The van der Waals surface area contributed by atoms with Gasteiger partial charge in [-0.25, -0.2) is 4.98 Å². The molecule has 2 aliphatic heterocycles. The summed E-state index contributed by atoms with van der Waals surface area (Å²) in [5, 5.41) is 0. The van der Waals surface area contributed by atoms with Crippen LogP contribution in [0.1, 0.15) is 27.7 Å². The van der Waals surface area contributed by atoms with Gasteiger partial charge in [-0.3, -0.25) is 9.69 Å². The number of nitrogens with zero attached hydrogens (tertiary/aromatic N) is 3. The molecule has 2 aromatic rings. The molecule has 1 amide bonds. The lowest BCUT2D eigenvalue weighted by molar-refractivity contribution is -0.0503. The Kier molecular flexibility index (Phi) is 4.31. The number of amides is 1. The predicted molar refractivity (Wildman–Crippen MR) is 92.3 cm³/mol. The lowest BCUT2D eigenvalue weighted by Crippen LogP contribution is -2.50. The second-order valence-electron chi connectivity index (χ2n) is 6.79. The third-order valence-electron chi connectivity index (χ3n) is 5.03. The lowest BCUT2D eigenvalue weighted by Gasteiger charge is -2.36. The van der Waals surface area contributed by atoms with Crippen LogP contribution >= 0.6 is 0 Å². The zero-order valence-corrected chi connectivity index (χ0v) is 14.6. The fourth-order valence-electron chi connectivity index (χ4n) is 3.81. The summed E-state index contributed by atoms with van der Waals surface area (Å²) in [7, 11) is 0. The number of rotatable bonds is 3. The molecule has 0 aliphatic carbocycles. The van der Waals surface area contributed by atoms with E-state index in [1.165, 1.54) is 5.56 Å². The number of hydrogen-bond acceptors (Lipinski definition) is 5. The summed E-state index contributed by atoms with van der Waals surface area (Å²) < 4.78 is 11.4. The van der Waals surface area contributed by atoms with E-state index in [1.807, 2.05) is 17.9 Å². The Bertz CT molecular complexity index is 759. The van der Waals surface area contributed by atoms with Crippen LogP contribution in [0, 0.1) is 13.8 Å². The van der Waals surface area contributed by atoms with Crippen molar-refractivity contribution < 1.29 is 13.9 Å². The van der Waals surface area contributed by atoms with Crippen LogP contribution in [-0.4, -0.2) is 59.1 Å². The van der Waals surface area contributed by atoms with Crippen molar-refractivity contribution in [2.75, 3.05) is 26.2 Å². The highest BCUT2D eigenvalue weighted by atomic mass is 16.5. The third kappa shape index (κ3) is 3.19. The van der Waals surface area contributed by atoms with E-state index in [2.05, 4.69) is 34.1 Å². The molecule has 0 radical (unpaired) electrons. The molecule has 2 unspecified atom stereocenters. The molecule has 6 nitrogen and oxygen atoms in total. The molecule has 2 fully saturated rings. The lowest BCUT2D eigenvalue weighted by atomic mass is 10.1. The maximum atomic E-state index is 12.8. The van der Waals surface area contributed by atoms with Gasteiger partial charge in [-0.05, 0) is 12.5 Å². The largest absolute Gasteiger partial charge is 0.436 e. The maximum absolute atomic E-state index is 12.8. The molecule has 0 saturated carbocycles. The first-order valence-corrected chi connectivity index (χ1v) is 8.74. The number of hydrogen-bond donors (Lipinski definition) is 0. The van der Waals surface area contributed by atoms with Crippen molar-refractivity contribution in [1.82, 2.24) is 14.8 Å². The topological polar surface area (TPSA) is 58.8 Å². The van der Waals surface area contributed by atoms with Crippen LogP contribution in [-0.2, 0) is 11.3 Å². The van der Waals surface area contributed by atoms with E-state index in [0.29, 0.717) is 37.0 Å². The number of aromatic nitrogens is 1. The van der Waals surface area contributed by atoms with Gasteiger partial charge in [0.1, 0.15) is 0 Å². The second kappa shape index (κ2) is 6.61. The van der Waals surface area contributed by atoms with E-state index >= 15 is 0 Å². The summed E-state index contributed by atoms with van der Waals surface area (Å²) in [6, 6.07) is 10.7. The van der Waals surface area contributed by atoms with Crippen LogP contribution in [0.25, 0.3) is 0 Å². The summed E-state index contributed by atoms with van der Waals surface area (Å²) in [4.78, 5) is 21.3. The van der Waals surface area contributed by atoms with Crippen molar-refractivity contribution in [1.29, 1.82) is 0 Å². The van der Waals surface area contributed by atoms with Crippen LogP contribution in [0.4, 0.5) is 0 Å². The Morgan fingerprint density at radius 3 is 2.76 bits per heavy atom. The molecular weight excluding hydrogens is 318 g/mol. The van der Waals surface area contributed by atoms with Crippen LogP contribution in [0.2, 0.25) is 0 Å². The van der Waals surface area contributed by atoms with Crippen LogP contribution in [0.15, 0.2) is 34.7 Å². The highest BCUT2D eigenvalue weighted by Crippen LogP contribution is 2.26. The molecule has 4 rings (SSSR count). The summed E-state index contributed by atoms with van der Waals surface area (Å²) in [5.41, 5.74) is 1.94. The van der Waals surface area contributed by atoms with Crippen molar-refractivity contribution in [2.24, 2.45) is 0 Å². The average Bonchev–Trinajstić information content (AvgIpc) is 3.19. The highest BCUT2D eigenvalue weighted by Gasteiger charge is 2.42. The molecule has 2 atom stereocenters. The highest BCUT2D eigenvalue weighted by molar-refractivity contribution is 5.92. The van der Waals surface area contributed by atoms with Gasteiger partial charge in [0.25, 0.3) is 5.91 Å². The summed E-state index contributed by atoms with van der Waals surface area (Å²) in [5.74, 6) is 0.793. The first-order chi connectivity index (χ1) is 12.1. The molecule has 2 aliphatic rings. The molecule has 3 heterocycles. The first-order valence-electron chi connectivity index (χ1n) is 8.74. The molecule has 2 saturated heterocycles. The first kappa shape index (κ1) is 16.3. The Labute approximate surface area is 147 Å². The minimum absolute atomic E-state index is 0.0609. The Morgan fingerprint density at radius 1 is 1.24 bits per heavy atom. The van der Waals surface area contributed by atoms with E-state index in [0.717, 1.165) is 13.1 Å². The number of morpholine rings is 1. The molecule has 1 aromatic carbocycles. The number of benzene rings is 1. The molecule has 6 heteroatoms. The number of likely N-dealkylation sites (tertiary alicyclic amines) is 1. The molecule has 0 spiro atoms. The van der Waals surface area contributed by atoms with Gasteiger partial charge in [0.05, 0.1) is 24.4 Å². The summed E-state index contributed by atoms with van der Waals surface area (Å²) in [6.07, 6.45) is 0.0609. The van der Waals surface area contributed by atoms with Gasteiger partial charge in [-0.15, -0.1) is 0 Å². The van der Waals surface area contributed by atoms with E-state index in [-0.39, 0.29) is 18.1 Å². The molecule has 0 bridgehead atoms. The Morgan fingerprint density at radius 2 is 2.04 bits per heavy atom. The number of aryl methyl sites for hydroxylation is 2. The van der Waals surface area contributed by atoms with E-state index in [1.54, 1.807) is 6.92 Å². The third-order valence-corrected chi connectivity index (χ3v) is 5.03. The Balaban J connectivity index is 1.49. The molecule has 132 valence electrons. The van der Waals surface area contributed by atoms with Gasteiger partial charge in [0.2, 0.25) is 5.76 Å². The minimum Gasteiger partial charge on any atom is -0.436 e. The van der Waals surface area contributed by atoms with Crippen molar-refractivity contribution in [2.45, 2.75) is 32.5 Å². The second-order valence-corrected chi connectivity index (χ2v) is 6.79. The van der Waals surface area contributed by atoms with Crippen molar-refractivity contribution in [3.05, 3.63) is 53.2 Å². The number of fused-ring (bicyclic) bond motifs is 1. The van der Waals surface area contributed by atoms with Crippen LogP contribution in [0.5, 0.6) is 0 Å². The van der Waals surface area contributed by atoms with Gasteiger partial charge >= 0.3 is 0 Å². The number of oxazole rings is 1. The zero-order valence-electron chi connectivity index (χ0n) is 14.6. The van der Waals surface area contributed by atoms with Crippen molar-refractivity contribution >= 4 is 5.91 Å². The average molecular weight is 341 g/mol. The number of carbonyl (C=O) groups is 1. The zero-order chi connectivity index (χ0) is 17.4. The van der Waals surface area contributed by atoms with Crippen molar-refractivity contribution in [3.8, 4) is 0 Å². The minimum atomic E-state index is -0.0873. The van der Waals surface area contributed by atoms with Gasteiger partial charge in [0, 0.05) is 33.1 Å². The monoisotopic (exact) mass is 341 g/mol. The number of carbonyl (C=O) groups excluding carboxylic acids is 1. The SMILES string of the molecule is Cc1nc(C)c(C(=O)N2CC3OCCN(Cc4ccccc4)C3C2)o1. The van der Waals surface area contributed by atoms with Crippen molar-refractivity contribution in [3.63, 3.8) is 0 Å². The fraction of sp³-hybridized carbons (Fsp3) is 0.474. The quantitative estimate of drug-likeness (QED) is 0.855. The smallest absolute Gasteiger partial charge is 0.291 e. The van der Waals surface area contributed by atoms with E-state index in [4.69, 9.17) is 9.15 Å². The predicted octanol–water partition coefficient (Wildman–Crippen LogP) is 2.02. The summed E-state index contributed by atoms with van der Waals surface area (Å²) >= 11 is 0. The Hall–Kier alpha value is -2.18. The molecular formula is C19H23N3O3. The van der Waals surface area contributed by atoms with Gasteiger partial charge < -0.3 is 14.1 Å². The van der Waals surface area contributed by atoms with Gasteiger partial charge in [-0.1, -0.05) is 30.3 Å². The van der Waals surface area contributed by atoms with Gasteiger partial charge in [-0.2, -0.15) is 0 Å². The molecule has 1 aromatic heterocycles.